The Morgan fingerprint density at radius 1 is 0.935 bits per heavy atom. The lowest BCUT2D eigenvalue weighted by Crippen LogP contribution is -2.00. The highest BCUT2D eigenvalue weighted by molar-refractivity contribution is 6.42. The Bertz CT molecular complexity index is 1250. The number of rotatable bonds is 5. The van der Waals surface area contributed by atoms with Gasteiger partial charge in [-0.15, -0.1) is 0 Å². The maximum absolute atomic E-state index is 13.4. The topological polar surface area (TPSA) is 46.8 Å². The van der Waals surface area contributed by atoms with Gasteiger partial charge in [0.2, 0.25) is 0 Å². The highest BCUT2D eigenvalue weighted by Crippen LogP contribution is 2.34. The zero-order valence-electron chi connectivity index (χ0n) is 16.4. The van der Waals surface area contributed by atoms with E-state index in [1.54, 1.807) is 66.4 Å². The molecule has 0 fully saturated rings. The first-order chi connectivity index (χ1) is 15.0. The summed E-state index contributed by atoms with van der Waals surface area (Å²) >= 11 is 12.1. The minimum Gasteiger partial charge on any atom is -0.497 e. The molecule has 0 aliphatic heterocycles. The van der Waals surface area contributed by atoms with E-state index in [2.05, 4.69) is 4.99 Å². The van der Waals surface area contributed by atoms with Crippen LogP contribution in [-0.2, 0) is 0 Å². The average molecular weight is 455 g/mol. The van der Waals surface area contributed by atoms with Crippen LogP contribution >= 0.6 is 23.2 Å². The van der Waals surface area contributed by atoms with Gasteiger partial charge in [0, 0.05) is 17.3 Å². The summed E-state index contributed by atoms with van der Waals surface area (Å²) < 4.78 is 20.3. The Labute approximate surface area is 188 Å². The molecule has 0 unspecified atom stereocenters. The molecule has 0 saturated carbocycles. The van der Waals surface area contributed by atoms with Crippen LogP contribution in [0.25, 0.3) is 16.8 Å². The molecule has 4 aromatic rings. The Hall–Kier alpha value is -3.28. The maximum atomic E-state index is 13.4. The number of aromatic nitrogens is 1. The average Bonchev–Trinajstić information content (AvgIpc) is 3.11. The fourth-order valence-corrected chi connectivity index (χ4v) is 3.50. The molecular formula is C24H17Cl2FN2O2. The Morgan fingerprint density at radius 2 is 1.65 bits per heavy atom. The number of halogens is 3. The molecule has 0 aliphatic carbocycles. The number of hydrogen-bond donors (Lipinski definition) is 1. The summed E-state index contributed by atoms with van der Waals surface area (Å²) in [6.45, 7) is 0. The van der Waals surface area contributed by atoms with Gasteiger partial charge in [-0.2, -0.15) is 0 Å². The molecule has 0 amide bonds. The largest absolute Gasteiger partial charge is 0.497 e. The van der Waals surface area contributed by atoms with E-state index in [9.17, 15) is 9.50 Å². The molecule has 1 aromatic heterocycles. The second kappa shape index (κ2) is 8.84. The quantitative estimate of drug-likeness (QED) is 0.328. The van der Waals surface area contributed by atoms with Gasteiger partial charge >= 0.3 is 0 Å². The van der Waals surface area contributed by atoms with Crippen molar-refractivity contribution in [3.63, 3.8) is 0 Å². The summed E-state index contributed by atoms with van der Waals surface area (Å²) in [5.74, 6) is 0.369. The first-order valence-electron chi connectivity index (χ1n) is 9.30. The molecule has 7 heteroatoms. The van der Waals surface area contributed by atoms with Crippen LogP contribution in [0.1, 0.15) is 5.69 Å². The van der Waals surface area contributed by atoms with E-state index in [4.69, 9.17) is 27.9 Å². The van der Waals surface area contributed by atoms with Crippen LogP contribution in [0, 0.1) is 5.82 Å². The van der Waals surface area contributed by atoms with Gasteiger partial charge < -0.3 is 9.84 Å². The molecule has 0 radical (unpaired) electrons. The summed E-state index contributed by atoms with van der Waals surface area (Å²) in [6.07, 6.45) is 1.63. The van der Waals surface area contributed by atoms with Crippen LogP contribution in [0.15, 0.2) is 77.8 Å². The Morgan fingerprint density at radius 3 is 2.29 bits per heavy atom. The van der Waals surface area contributed by atoms with Crippen molar-refractivity contribution < 1.29 is 14.2 Å². The van der Waals surface area contributed by atoms with Gasteiger partial charge in [-0.25, -0.2) is 4.39 Å². The number of aliphatic imine (C=N–C) groups is 1. The maximum Gasteiger partial charge on any atom is 0.196 e. The fraction of sp³-hybridized carbons (Fsp3) is 0.0417. The lowest BCUT2D eigenvalue weighted by Gasteiger charge is -2.10. The van der Waals surface area contributed by atoms with Crippen LogP contribution in [-0.4, -0.2) is 23.0 Å². The predicted molar refractivity (Wildman–Crippen MR) is 123 cm³/mol. The minimum atomic E-state index is -0.339. The highest BCUT2D eigenvalue weighted by atomic mass is 35.5. The normalized spacial score (nSPS) is 11.2. The molecule has 0 aliphatic rings. The summed E-state index contributed by atoms with van der Waals surface area (Å²) in [4.78, 5) is 4.52. The van der Waals surface area contributed by atoms with Gasteiger partial charge in [0.05, 0.1) is 34.8 Å². The van der Waals surface area contributed by atoms with Crippen molar-refractivity contribution in [1.29, 1.82) is 0 Å². The molecule has 4 nitrogen and oxygen atoms in total. The monoisotopic (exact) mass is 454 g/mol. The fourth-order valence-electron chi connectivity index (χ4n) is 3.20. The van der Waals surface area contributed by atoms with Crippen molar-refractivity contribution in [1.82, 2.24) is 4.57 Å². The van der Waals surface area contributed by atoms with E-state index in [0.717, 1.165) is 5.56 Å². The highest BCUT2D eigenvalue weighted by Gasteiger charge is 2.17. The van der Waals surface area contributed by atoms with Crippen molar-refractivity contribution in [2.45, 2.75) is 0 Å². The van der Waals surface area contributed by atoms with Crippen molar-refractivity contribution in [2.24, 2.45) is 4.99 Å². The minimum absolute atomic E-state index is 0.0140. The SMILES string of the molecule is COc1ccc(-n2c(O)cc(-c3ccc(F)cc3)c2C=Nc2ccc(Cl)c(Cl)c2)cc1. The zero-order chi connectivity index (χ0) is 22.0. The van der Waals surface area contributed by atoms with Crippen molar-refractivity contribution >= 4 is 35.1 Å². The molecule has 31 heavy (non-hydrogen) atoms. The molecular weight excluding hydrogens is 438 g/mol. The molecule has 1 heterocycles. The smallest absolute Gasteiger partial charge is 0.196 e. The summed E-state index contributed by atoms with van der Waals surface area (Å²) in [5.41, 5.74) is 3.35. The molecule has 3 aromatic carbocycles. The van der Waals surface area contributed by atoms with Crippen LogP contribution in [0.4, 0.5) is 10.1 Å². The molecule has 1 N–H and O–H groups in total. The number of ether oxygens (including phenoxy) is 1. The van der Waals surface area contributed by atoms with E-state index in [1.165, 1.54) is 12.1 Å². The van der Waals surface area contributed by atoms with Gasteiger partial charge in [0.1, 0.15) is 11.6 Å². The summed E-state index contributed by atoms with van der Waals surface area (Å²) in [7, 11) is 1.59. The van der Waals surface area contributed by atoms with E-state index >= 15 is 0 Å². The number of methoxy groups -OCH3 is 1. The van der Waals surface area contributed by atoms with E-state index < -0.39 is 0 Å². The molecule has 0 bridgehead atoms. The molecule has 0 atom stereocenters. The molecule has 0 saturated heterocycles. The number of nitrogens with zero attached hydrogens (tertiary/aromatic N) is 2. The van der Waals surface area contributed by atoms with Crippen LogP contribution in [0.5, 0.6) is 11.6 Å². The Kier molecular flexibility index (Phi) is 5.98. The third-order valence-electron chi connectivity index (χ3n) is 4.74. The van der Waals surface area contributed by atoms with Gasteiger partial charge in [0.15, 0.2) is 5.88 Å². The predicted octanol–water partition coefficient (Wildman–Crippen LogP) is 7.06. The van der Waals surface area contributed by atoms with Crippen molar-refractivity contribution in [3.8, 4) is 28.4 Å². The van der Waals surface area contributed by atoms with E-state index in [1.807, 2.05) is 12.1 Å². The third-order valence-corrected chi connectivity index (χ3v) is 5.48. The van der Waals surface area contributed by atoms with Crippen molar-refractivity contribution in [2.75, 3.05) is 7.11 Å². The van der Waals surface area contributed by atoms with Crippen LogP contribution in [0.2, 0.25) is 10.0 Å². The number of aromatic hydroxyl groups is 1. The lowest BCUT2D eigenvalue weighted by atomic mass is 10.1. The molecule has 156 valence electrons. The van der Waals surface area contributed by atoms with Gasteiger partial charge in [-0.1, -0.05) is 35.3 Å². The standard InChI is InChI=1S/C24H17Cl2FN2O2/c1-31-19-9-7-18(8-10-19)29-23(14-28-17-6-11-21(25)22(26)12-17)20(13-24(29)30)15-2-4-16(27)5-3-15/h2-14,30H,1H3. The zero-order valence-corrected chi connectivity index (χ0v) is 17.9. The third kappa shape index (κ3) is 4.43. The Balaban J connectivity index is 1.86. The van der Waals surface area contributed by atoms with Gasteiger partial charge in [-0.3, -0.25) is 9.56 Å². The number of hydrogen-bond acceptors (Lipinski definition) is 3. The summed E-state index contributed by atoms with van der Waals surface area (Å²) in [5, 5.41) is 11.6. The second-order valence-electron chi connectivity index (χ2n) is 6.70. The van der Waals surface area contributed by atoms with E-state index in [0.29, 0.717) is 38.4 Å². The first-order valence-corrected chi connectivity index (χ1v) is 10.1. The van der Waals surface area contributed by atoms with E-state index in [-0.39, 0.29) is 11.7 Å². The van der Waals surface area contributed by atoms with Gasteiger partial charge in [-0.05, 0) is 60.2 Å². The first kappa shape index (κ1) is 21.0. The second-order valence-corrected chi connectivity index (χ2v) is 7.51. The molecule has 0 spiro atoms. The van der Waals surface area contributed by atoms with Crippen molar-refractivity contribution in [3.05, 3.63) is 94.4 Å². The van der Waals surface area contributed by atoms with Crippen LogP contribution < -0.4 is 4.74 Å². The lowest BCUT2D eigenvalue weighted by molar-refractivity contribution is 0.414. The molecule has 4 rings (SSSR count). The number of benzene rings is 3. The summed E-state index contributed by atoms with van der Waals surface area (Å²) in [6, 6.07) is 20.0. The van der Waals surface area contributed by atoms with Crippen LogP contribution in [0.3, 0.4) is 0 Å². The van der Waals surface area contributed by atoms with Gasteiger partial charge in [0.25, 0.3) is 0 Å².